The number of benzene rings is 1. The maximum Gasteiger partial charge on any atom is 0.151 e. The zero-order chi connectivity index (χ0) is 13.1. The molecule has 0 aliphatic carbocycles. The summed E-state index contributed by atoms with van der Waals surface area (Å²) in [5, 5.41) is 11.8. The molecule has 0 radical (unpaired) electrons. The first-order valence-corrected chi connectivity index (χ1v) is 6.77. The Kier molecular flexibility index (Phi) is 3.97. The van der Waals surface area contributed by atoms with E-state index in [-0.39, 0.29) is 0 Å². The predicted molar refractivity (Wildman–Crippen MR) is 78.8 cm³/mol. The van der Waals surface area contributed by atoms with Crippen LogP contribution in [0.25, 0.3) is 11.3 Å². The van der Waals surface area contributed by atoms with Crippen molar-refractivity contribution in [1.82, 2.24) is 10.2 Å². The Balaban J connectivity index is 2.54. The fraction of sp³-hybridized carbons (Fsp3) is 0.286. The van der Waals surface area contributed by atoms with Crippen LogP contribution >= 0.6 is 15.9 Å². The topological polar surface area (TPSA) is 37.8 Å². The zero-order valence-corrected chi connectivity index (χ0v) is 12.4. The summed E-state index contributed by atoms with van der Waals surface area (Å²) in [6, 6.07) is 8.07. The van der Waals surface area contributed by atoms with E-state index in [2.05, 4.69) is 52.2 Å². The standard InChI is InChI=1S/C14H16BrN3/c1-4-16-14-10(3)9(2)13(17-18-14)11-7-5-6-8-12(11)15/h5-8H,4H2,1-3H3,(H,16,18). The number of rotatable bonds is 3. The van der Waals surface area contributed by atoms with Crippen LogP contribution in [0.15, 0.2) is 28.7 Å². The van der Waals surface area contributed by atoms with Crippen LogP contribution in [0.3, 0.4) is 0 Å². The lowest BCUT2D eigenvalue weighted by Crippen LogP contribution is -2.06. The van der Waals surface area contributed by atoms with Gasteiger partial charge in [-0.25, -0.2) is 0 Å². The molecule has 4 heteroatoms. The van der Waals surface area contributed by atoms with E-state index in [0.29, 0.717) is 0 Å². The lowest BCUT2D eigenvalue weighted by molar-refractivity contribution is 0.986. The second-order valence-corrected chi connectivity index (χ2v) is 5.01. The second kappa shape index (κ2) is 5.48. The fourth-order valence-corrected chi connectivity index (χ4v) is 2.32. The monoisotopic (exact) mass is 305 g/mol. The van der Waals surface area contributed by atoms with E-state index in [4.69, 9.17) is 0 Å². The minimum absolute atomic E-state index is 0.851. The Morgan fingerprint density at radius 1 is 1.11 bits per heavy atom. The molecule has 0 bridgehead atoms. The van der Waals surface area contributed by atoms with Crippen molar-refractivity contribution in [3.63, 3.8) is 0 Å². The number of halogens is 1. The van der Waals surface area contributed by atoms with Crippen LogP contribution in [0.5, 0.6) is 0 Å². The minimum atomic E-state index is 0.851. The van der Waals surface area contributed by atoms with Gasteiger partial charge in [-0.05, 0) is 38.0 Å². The van der Waals surface area contributed by atoms with Crippen molar-refractivity contribution in [2.45, 2.75) is 20.8 Å². The highest BCUT2D eigenvalue weighted by Crippen LogP contribution is 2.30. The van der Waals surface area contributed by atoms with E-state index < -0.39 is 0 Å². The van der Waals surface area contributed by atoms with Crippen molar-refractivity contribution >= 4 is 21.7 Å². The van der Waals surface area contributed by atoms with Gasteiger partial charge in [0.2, 0.25) is 0 Å². The van der Waals surface area contributed by atoms with E-state index in [1.54, 1.807) is 0 Å². The highest BCUT2D eigenvalue weighted by molar-refractivity contribution is 9.10. The first-order chi connectivity index (χ1) is 8.65. The molecule has 0 saturated heterocycles. The van der Waals surface area contributed by atoms with E-state index in [9.17, 15) is 0 Å². The summed E-state index contributed by atoms with van der Waals surface area (Å²) >= 11 is 3.56. The number of hydrogen-bond acceptors (Lipinski definition) is 3. The van der Waals surface area contributed by atoms with Crippen molar-refractivity contribution in [2.24, 2.45) is 0 Å². The van der Waals surface area contributed by atoms with Gasteiger partial charge < -0.3 is 5.32 Å². The molecule has 94 valence electrons. The van der Waals surface area contributed by atoms with E-state index in [0.717, 1.165) is 39.2 Å². The van der Waals surface area contributed by atoms with Gasteiger partial charge in [0, 0.05) is 16.6 Å². The number of aromatic nitrogens is 2. The zero-order valence-electron chi connectivity index (χ0n) is 10.8. The van der Waals surface area contributed by atoms with Crippen LogP contribution in [-0.4, -0.2) is 16.7 Å². The smallest absolute Gasteiger partial charge is 0.151 e. The molecule has 1 aromatic carbocycles. The lowest BCUT2D eigenvalue weighted by Gasteiger charge is -2.12. The predicted octanol–water partition coefficient (Wildman–Crippen LogP) is 3.95. The molecule has 2 aromatic rings. The van der Waals surface area contributed by atoms with Gasteiger partial charge in [-0.2, -0.15) is 0 Å². The van der Waals surface area contributed by atoms with Crippen molar-refractivity contribution in [1.29, 1.82) is 0 Å². The van der Waals surface area contributed by atoms with Gasteiger partial charge in [0.1, 0.15) is 0 Å². The molecule has 0 aliphatic rings. The van der Waals surface area contributed by atoms with Gasteiger partial charge >= 0.3 is 0 Å². The Bertz CT molecular complexity index is 567. The molecule has 18 heavy (non-hydrogen) atoms. The van der Waals surface area contributed by atoms with Gasteiger partial charge in [0.15, 0.2) is 5.82 Å². The SMILES string of the molecule is CCNc1nnc(-c2ccccc2Br)c(C)c1C. The average Bonchev–Trinajstić information content (AvgIpc) is 2.37. The molecule has 0 atom stereocenters. The van der Waals surface area contributed by atoms with Crippen molar-refractivity contribution in [3.8, 4) is 11.3 Å². The molecular formula is C14H16BrN3. The molecule has 0 saturated carbocycles. The molecule has 0 amide bonds. The van der Waals surface area contributed by atoms with E-state index in [1.165, 1.54) is 0 Å². The molecule has 2 rings (SSSR count). The van der Waals surface area contributed by atoms with E-state index >= 15 is 0 Å². The normalized spacial score (nSPS) is 10.4. The maximum absolute atomic E-state index is 4.35. The Morgan fingerprint density at radius 2 is 1.83 bits per heavy atom. The lowest BCUT2D eigenvalue weighted by atomic mass is 10.0. The fourth-order valence-electron chi connectivity index (χ4n) is 1.85. The summed E-state index contributed by atoms with van der Waals surface area (Å²) in [6.45, 7) is 7.06. The van der Waals surface area contributed by atoms with Gasteiger partial charge in [-0.15, -0.1) is 10.2 Å². The van der Waals surface area contributed by atoms with Gasteiger partial charge in [0.25, 0.3) is 0 Å². The Labute approximate surface area is 116 Å². The van der Waals surface area contributed by atoms with Crippen LogP contribution in [0.4, 0.5) is 5.82 Å². The maximum atomic E-state index is 4.35. The molecule has 0 spiro atoms. The summed E-state index contributed by atoms with van der Waals surface area (Å²) in [5.74, 6) is 0.866. The summed E-state index contributed by atoms with van der Waals surface area (Å²) in [4.78, 5) is 0. The largest absolute Gasteiger partial charge is 0.369 e. The average molecular weight is 306 g/mol. The third-order valence-electron chi connectivity index (χ3n) is 3.00. The molecular weight excluding hydrogens is 290 g/mol. The summed E-state index contributed by atoms with van der Waals surface area (Å²) < 4.78 is 1.04. The molecule has 0 unspecified atom stereocenters. The van der Waals surface area contributed by atoms with Crippen LogP contribution in [-0.2, 0) is 0 Å². The number of anilines is 1. The van der Waals surface area contributed by atoms with Crippen LogP contribution in [0, 0.1) is 13.8 Å². The molecule has 3 nitrogen and oxygen atoms in total. The highest BCUT2D eigenvalue weighted by Gasteiger charge is 2.12. The molecule has 0 fully saturated rings. The van der Waals surface area contributed by atoms with Crippen molar-refractivity contribution in [3.05, 3.63) is 39.9 Å². The molecule has 1 aromatic heterocycles. The van der Waals surface area contributed by atoms with Crippen LogP contribution in [0.2, 0.25) is 0 Å². The minimum Gasteiger partial charge on any atom is -0.369 e. The Morgan fingerprint density at radius 3 is 2.50 bits per heavy atom. The number of nitrogens with one attached hydrogen (secondary N) is 1. The summed E-state index contributed by atoms with van der Waals surface area (Å²) in [5.41, 5.74) is 4.32. The van der Waals surface area contributed by atoms with Crippen molar-refractivity contribution in [2.75, 3.05) is 11.9 Å². The summed E-state index contributed by atoms with van der Waals surface area (Å²) in [7, 11) is 0. The third-order valence-corrected chi connectivity index (χ3v) is 3.69. The van der Waals surface area contributed by atoms with Gasteiger partial charge in [-0.1, -0.05) is 34.1 Å². The molecule has 0 aliphatic heterocycles. The third kappa shape index (κ3) is 2.38. The molecule has 1 N–H and O–H groups in total. The van der Waals surface area contributed by atoms with Gasteiger partial charge in [-0.3, -0.25) is 0 Å². The first kappa shape index (κ1) is 13.0. The second-order valence-electron chi connectivity index (χ2n) is 4.16. The first-order valence-electron chi connectivity index (χ1n) is 5.97. The molecule has 1 heterocycles. The highest BCUT2D eigenvalue weighted by atomic mass is 79.9. The quantitative estimate of drug-likeness (QED) is 0.933. The van der Waals surface area contributed by atoms with Crippen molar-refractivity contribution < 1.29 is 0 Å². The summed E-state index contributed by atoms with van der Waals surface area (Å²) in [6.07, 6.45) is 0. The number of nitrogens with zero attached hydrogens (tertiary/aromatic N) is 2. The van der Waals surface area contributed by atoms with Gasteiger partial charge in [0.05, 0.1) is 5.69 Å². The number of hydrogen-bond donors (Lipinski definition) is 1. The van der Waals surface area contributed by atoms with Crippen LogP contribution in [0.1, 0.15) is 18.1 Å². The van der Waals surface area contributed by atoms with Crippen LogP contribution < -0.4 is 5.32 Å². The van der Waals surface area contributed by atoms with E-state index in [1.807, 2.05) is 24.3 Å². The Hall–Kier alpha value is -1.42.